The van der Waals surface area contributed by atoms with Gasteiger partial charge >= 0.3 is 5.97 Å². The number of halogens is 2. The zero-order valence-electron chi connectivity index (χ0n) is 14.8. The van der Waals surface area contributed by atoms with E-state index in [2.05, 4.69) is 5.32 Å². The minimum atomic E-state index is -0.920. The molecule has 142 valence electrons. The quantitative estimate of drug-likeness (QED) is 0.719. The van der Waals surface area contributed by atoms with Crippen molar-refractivity contribution in [2.24, 2.45) is 0 Å². The van der Waals surface area contributed by atoms with Gasteiger partial charge in [-0.25, -0.2) is 4.79 Å². The zero-order valence-corrected chi connectivity index (χ0v) is 16.3. The third-order valence-electron chi connectivity index (χ3n) is 4.26. The van der Waals surface area contributed by atoms with Crippen molar-refractivity contribution in [1.82, 2.24) is 0 Å². The fraction of sp³-hybridized carbons (Fsp3) is 0.300. The second-order valence-corrected chi connectivity index (χ2v) is 7.17. The summed E-state index contributed by atoms with van der Waals surface area (Å²) < 4.78 is 10.5. The lowest BCUT2D eigenvalue weighted by Crippen LogP contribution is -2.29. The van der Waals surface area contributed by atoms with Gasteiger partial charge in [-0.15, -0.1) is 0 Å². The number of ether oxygens (including phenoxy) is 2. The number of esters is 1. The van der Waals surface area contributed by atoms with Gasteiger partial charge in [0, 0.05) is 10.7 Å². The first-order valence-electron chi connectivity index (χ1n) is 8.62. The third kappa shape index (κ3) is 5.15. The molecule has 0 fully saturated rings. The first-order chi connectivity index (χ1) is 12.9. The predicted octanol–water partition coefficient (Wildman–Crippen LogP) is 4.43. The first-order valence-corrected chi connectivity index (χ1v) is 9.38. The Morgan fingerprint density at radius 3 is 2.67 bits per heavy atom. The SMILES string of the molecule is C[C@H](Oc1ccc(Cl)cc1Cl)C(=O)OCC(=O)Nc1ccc2c(c1)CCC2. The summed E-state index contributed by atoms with van der Waals surface area (Å²) in [5, 5.41) is 3.49. The van der Waals surface area contributed by atoms with Gasteiger partial charge in [-0.2, -0.15) is 0 Å². The smallest absolute Gasteiger partial charge is 0.347 e. The Balaban J connectivity index is 1.48. The summed E-state index contributed by atoms with van der Waals surface area (Å²) in [5.41, 5.74) is 3.28. The standard InChI is InChI=1S/C20H19Cl2NO4/c1-12(27-18-8-6-15(21)10-17(18)22)20(25)26-11-19(24)23-16-7-5-13-3-2-4-14(13)9-16/h5-10,12H,2-4,11H2,1H3,(H,23,24)/t12-/m0/s1. The summed E-state index contributed by atoms with van der Waals surface area (Å²) in [4.78, 5) is 24.1. The van der Waals surface area contributed by atoms with E-state index in [4.69, 9.17) is 32.7 Å². The molecule has 1 aliphatic carbocycles. The lowest BCUT2D eigenvalue weighted by atomic mass is 10.1. The van der Waals surface area contributed by atoms with E-state index >= 15 is 0 Å². The van der Waals surface area contributed by atoms with Crippen LogP contribution in [0.1, 0.15) is 24.5 Å². The van der Waals surface area contributed by atoms with Crippen molar-refractivity contribution < 1.29 is 19.1 Å². The number of benzene rings is 2. The van der Waals surface area contributed by atoms with Crippen molar-refractivity contribution >= 4 is 40.8 Å². The second-order valence-electron chi connectivity index (χ2n) is 6.33. The number of hydrogen-bond donors (Lipinski definition) is 1. The van der Waals surface area contributed by atoms with E-state index in [9.17, 15) is 9.59 Å². The highest BCUT2D eigenvalue weighted by Crippen LogP contribution is 2.28. The van der Waals surface area contributed by atoms with Crippen molar-refractivity contribution in [1.29, 1.82) is 0 Å². The molecule has 1 amide bonds. The molecule has 1 atom stereocenters. The number of anilines is 1. The molecule has 3 rings (SSSR count). The average Bonchev–Trinajstić information content (AvgIpc) is 3.09. The molecule has 1 N–H and O–H groups in total. The average molecular weight is 408 g/mol. The Kier molecular flexibility index (Phi) is 6.24. The molecule has 2 aromatic carbocycles. The maximum absolute atomic E-state index is 12.0. The summed E-state index contributed by atoms with van der Waals surface area (Å²) in [6.45, 7) is 1.13. The molecule has 0 aromatic heterocycles. The number of carbonyl (C=O) groups is 2. The Hall–Kier alpha value is -2.24. The van der Waals surface area contributed by atoms with Crippen LogP contribution in [0.5, 0.6) is 5.75 Å². The Morgan fingerprint density at radius 1 is 1.11 bits per heavy atom. The molecule has 0 heterocycles. The normalized spacial score (nSPS) is 13.6. The van der Waals surface area contributed by atoms with Crippen molar-refractivity contribution in [3.05, 3.63) is 57.6 Å². The van der Waals surface area contributed by atoms with Gasteiger partial charge in [-0.05, 0) is 67.6 Å². The van der Waals surface area contributed by atoms with Crippen molar-refractivity contribution in [2.45, 2.75) is 32.3 Å². The van der Waals surface area contributed by atoms with Crippen LogP contribution >= 0.6 is 23.2 Å². The minimum absolute atomic E-state index is 0.288. The van der Waals surface area contributed by atoms with Crippen molar-refractivity contribution in [2.75, 3.05) is 11.9 Å². The summed E-state index contributed by atoms with van der Waals surface area (Å²) in [7, 11) is 0. The van der Waals surface area contributed by atoms with Gasteiger partial charge in [-0.1, -0.05) is 29.3 Å². The fourth-order valence-electron chi connectivity index (χ4n) is 2.91. The van der Waals surface area contributed by atoms with Crippen LogP contribution in [0.4, 0.5) is 5.69 Å². The molecule has 0 aliphatic heterocycles. The van der Waals surface area contributed by atoms with E-state index < -0.39 is 24.6 Å². The van der Waals surface area contributed by atoms with Gasteiger partial charge < -0.3 is 14.8 Å². The molecular weight excluding hydrogens is 389 g/mol. The highest BCUT2D eigenvalue weighted by molar-refractivity contribution is 6.35. The minimum Gasteiger partial charge on any atom is -0.477 e. The van der Waals surface area contributed by atoms with Gasteiger partial charge in [0.15, 0.2) is 12.7 Å². The molecule has 27 heavy (non-hydrogen) atoms. The van der Waals surface area contributed by atoms with Gasteiger partial charge in [0.05, 0.1) is 5.02 Å². The molecule has 0 bridgehead atoms. The predicted molar refractivity (Wildman–Crippen MR) is 105 cm³/mol. The summed E-state index contributed by atoms with van der Waals surface area (Å²) in [5.74, 6) is -0.753. The van der Waals surface area contributed by atoms with E-state index in [1.807, 2.05) is 18.2 Å². The van der Waals surface area contributed by atoms with Crippen LogP contribution in [-0.4, -0.2) is 24.6 Å². The molecule has 7 heteroatoms. The number of fused-ring (bicyclic) bond motifs is 1. The number of carbonyl (C=O) groups excluding carboxylic acids is 2. The lowest BCUT2D eigenvalue weighted by Gasteiger charge is -2.15. The Morgan fingerprint density at radius 2 is 1.89 bits per heavy atom. The van der Waals surface area contributed by atoms with Crippen LogP contribution in [0, 0.1) is 0 Å². The fourth-order valence-corrected chi connectivity index (χ4v) is 3.36. The molecule has 2 aromatic rings. The Bertz CT molecular complexity index is 869. The topological polar surface area (TPSA) is 64.6 Å². The summed E-state index contributed by atoms with van der Waals surface area (Å²) >= 11 is 11.8. The van der Waals surface area contributed by atoms with Crippen LogP contribution in [0.25, 0.3) is 0 Å². The van der Waals surface area contributed by atoms with E-state index in [1.54, 1.807) is 12.1 Å². The summed E-state index contributed by atoms with van der Waals surface area (Å²) in [6, 6.07) is 10.5. The maximum atomic E-state index is 12.0. The number of rotatable bonds is 6. The van der Waals surface area contributed by atoms with Gasteiger partial charge in [-0.3, -0.25) is 4.79 Å². The highest BCUT2D eigenvalue weighted by Gasteiger charge is 2.19. The molecule has 0 unspecified atom stereocenters. The van der Waals surface area contributed by atoms with E-state index in [1.165, 1.54) is 24.1 Å². The number of aryl methyl sites for hydroxylation is 2. The van der Waals surface area contributed by atoms with Crippen LogP contribution in [-0.2, 0) is 27.2 Å². The largest absolute Gasteiger partial charge is 0.477 e. The molecule has 1 aliphatic rings. The third-order valence-corrected chi connectivity index (χ3v) is 4.79. The van der Waals surface area contributed by atoms with Crippen molar-refractivity contribution in [3.63, 3.8) is 0 Å². The zero-order chi connectivity index (χ0) is 19.4. The second kappa shape index (κ2) is 8.63. The van der Waals surface area contributed by atoms with E-state index in [-0.39, 0.29) is 5.02 Å². The van der Waals surface area contributed by atoms with Crippen LogP contribution in [0.2, 0.25) is 10.0 Å². The van der Waals surface area contributed by atoms with Crippen LogP contribution in [0.3, 0.4) is 0 Å². The number of hydrogen-bond acceptors (Lipinski definition) is 4. The number of amides is 1. The molecule has 5 nitrogen and oxygen atoms in total. The molecule has 0 radical (unpaired) electrons. The molecule has 0 saturated carbocycles. The van der Waals surface area contributed by atoms with Gasteiger partial charge in [0.25, 0.3) is 5.91 Å². The van der Waals surface area contributed by atoms with Crippen molar-refractivity contribution in [3.8, 4) is 5.75 Å². The van der Waals surface area contributed by atoms with Gasteiger partial charge in [0.1, 0.15) is 5.75 Å². The molecule has 0 saturated heterocycles. The van der Waals surface area contributed by atoms with E-state index in [0.717, 1.165) is 19.3 Å². The van der Waals surface area contributed by atoms with E-state index in [0.29, 0.717) is 16.5 Å². The highest BCUT2D eigenvalue weighted by atomic mass is 35.5. The lowest BCUT2D eigenvalue weighted by molar-refractivity contribution is -0.153. The Labute approximate surface area is 167 Å². The monoisotopic (exact) mass is 407 g/mol. The maximum Gasteiger partial charge on any atom is 0.347 e. The first kappa shape index (κ1) is 19.5. The molecular formula is C20H19Cl2NO4. The van der Waals surface area contributed by atoms with Crippen LogP contribution in [0.15, 0.2) is 36.4 Å². The molecule has 0 spiro atoms. The number of nitrogens with one attached hydrogen (secondary N) is 1. The van der Waals surface area contributed by atoms with Crippen LogP contribution < -0.4 is 10.1 Å². The van der Waals surface area contributed by atoms with Gasteiger partial charge in [0.2, 0.25) is 0 Å². The summed E-state index contributed by atoms with van der Waals surface area (Å²) in [6.07, 6.45) is 2.32.